The van der Waals surface area contributed by atoms with Gasteiger partial charge in [-0.05, 0) is 61.0 Å². The van der Waals surface area contributed by atoms with Gasteiger partial charge in [0.2, 0.25) is 0 Å². The van der Waals surface area contributed by atoms with Crippen LogP contribution in [0.15, 0.2) is 30.5 Å². The molecule has 3 nitrogen and oxygen atoms in total. The molecule has 1 atom stereocenters. The molecule has 0 bridgehead atoms. The molecular weight excluding hydrogens is 212 g/mol. The number of aliphatic hydroxyl groups is 1. The molecule has 1 saturated heterocycles. The molecule has 2 aromatic rings. The maximum Gasteiger partial charge on any atom is 0.0819 e. The van der Waals surface area contributed by atoms with Crippen LogP contribution in [0.25, 0.3) is 10.9 Å². The molecule has 1 unspecified atom stereocenters. The van der Waals surface area contributed by atoms with Crippen molar-refractivity contribution in [2.75, 3.05) is 13.1 Å². The molecule has 1 aromatic carbocycles. The Morgan fingerprint density at radius 2 is 2.00 bits per heavy atom. The van der Waals surface area contributed by atoms with E-state index >= 15 is 0 Å². The number of rotatable bonds is 2. The van der Waals surface area contributed by atoms with Crippen LogP contribution in [-0.4, -0.2) is 23.2 Å². The van der Waals surface area contributed by atoms with Crippen molar-refractivity contribution in [3.63, 3.8) is 0 Å². The summed E-state index contributed by atoms with van der Waals surface area (Å²) in [7, 11) is 0. The maximum absolute atomic E-state index is 10.4. The SMILES string of the molecule is OC(c1ccc2[nH]ccc2c1)C1CCNCC1. The van der Waals surface area contributed by atoms with Gasteiger partial charge in [0.15, 0.2) is 0 Å². The molecule has 0 amide bonds. The second-order valence-electron chi connectivity index (χ2n) is 4.86. The zero-order chi connectivity index (χ0) is 11.7. The summed E-state index contributed by atoms with van der Waals surface area (Å²) in [6, 6.07) is 8.23. The lowest BCUT2D eigenvalue weighted by Gasteiger charge is -2.27. The number of fused-ring (bicyclic) bond motifs is 1. The van der Waals surface area contributed by atoms with Crippen LogP contribution >= 0.6 is 0 Å². The van der Waals surface area contributed by atoms with Crippen molar-refractivity contribution in [3.8, 4) is 0 Å². The molecule has 3 N–H and O–H groups in total. The third-order valence-corrected chi connectivity index (χ3v) is 3.75. The molecule has 0 aliphatic carbocycles. The fourth-order valence-corrected chi connectivity index (χ4v) is 2.69. The minimum atomic E-state index is -0.323. The third-order valence-electron chi connectivity index (χ3n) is 3.75. The Hall–Kier alpha value is -1.32. The zero-order valence-electron chi connectivity index (χ0n) is 9.82. The van der Waals surface area contributed by atoms with Gasteiger partial charge in [-0.25, -0.2) is 0 Å². The van der Waals surface area contributed by atoms with E-state index in [0.717, 1.165) is 37.0 Å². The maximum atomic E-state index is 10.4. The van der Waals surface area contributed by atoms with E-state index in [2.05, 4.69) is 22.4 Å². The molecule has 1 aliphatic rings. The summed E-state index contributed by atoms with van der Waals surface area (Å²) in [5.41, 5.74) is 2.18. The van der Waals surface area contributed by atoms with E-state index in [1.54, 1.807) is 0 Å². The molecule has 0 radical (unpaired) electrons. The van der Waals surface area contributed by atoms with Gasteiger partial charge in [0.25, 0.3) is 0 Å². The lowest BCUT2D eigenvalue weighted by Crippen LogP contribution is -2.30. The summed E-state index contributed by atoms with van der Waals surface area (Å²) in [6.45, 7) is 2.04. The smallest absolute Gasteiger partial charge is 0.0819 e. The van der Waals surface area contributed by atoms with Crippen molar-refractivity contribution >= 4 is 10.9 Å². The molecule has 0 saturated carbocycles. The number of aliphatic hydroxyl groups excluding tert-OH is 1. The van der Waals surface area contributed by atoms with E-state index in [-0.39, 0.29) is 6.10 Å². The first-order valence-electron chi connectivity index (χ1n) is 6.30. The zero-order valence-corrected chi connectivity index (χ0v) is 9.82. The van der Waals surface area contributed by atoms with E-state index in [4.69, 9.17) is 0 Å². The number of aromatic nitrogens is 1. The highest BCUT2D eigenvalue weighted by molar-refractivity contribution is 5.80. The second kappa shape index (κ2) is 4.51. The van der Waals surface area contributed by atoms with Gasteiger partial charge >= 0.3 is 0 Å². The van der Waals surface area contributed by atoms with Crippen molar-refractivity contribution in [3.05, 3.63) is 36.0 Å². The third kappa shape index (κ3) is 2.08. The number of piperidine rings is 1. The van der Waals surface area contributed by atoms with E-state index in [9.17, 15) is 5.11 Å². The Morgan fingerprint density at radius 3 is 2.82 bits per heavy atom. The van der Waals surface area contributed by atoms with Crippen LogP contribution < -0.4 is 5.32 Å². The Labute approximate surface area is 101 Å². The Balaban J connectivity index is 1.86. The van der Waals surface area contributed by atoms with Gasteiger partial charge in [-0.1, -0.05) is 6.07 Å². The molecule has 1 aromatic heterocycles. The van der Waals surface area contributed by atoms with Crippen LogP contribution in [0.4, 0.5) is 0 Å². The lowest BCUT2D eigenvalue weighted by atomic mass is 9.88. The first-order valence-corrected chi connectivity index (χ1v) is 6.30. The number of aromatic amines is 1. The van der Waals surface area contributed by atoms with Crippen molar-refractivity contribution in [2.45, 2.75) is 18.9 Å². The molecule has 3 rings (SSSR count). The second-order valence-corrected chi connectivity index (χ2v) is 4.86. The highest BCUT2D eigenvalue weighted by Crippen LogP contribution is 2.30. The number of hydrogen-bond acceptors (Lipinski definition) is 2. The van der Waals surface area contributed by atoms with Gasteiger partial charge in [-0.2, -0.15) is 0 Å². The van der Waals surface area contributed by atoms with Crippen LogP contribution in [0.2, 0.25) is 0 Å². The van der Waals surface area contributed by atoms with E-state index in [0.29, 0.717) is 5.92 Å². The summed E-state index contributed by atoms with van der Waals surface area (Å²) < 4.78 is 0. The fourth-order valence-electron chi connectivity index (χ4n) is 2.69. The molecule has 3 heteroatoms. The molecule has 17 heavy (non-hydrogen) atoms. The van der Waals surface area contributed by atoms with E-state index in [1.807, 2.05) is 18.3 Å². The molecule has 90 valence electrons. The Morgan fingerprint density at radius 1 is 1.18 bits per heavy atom. The number of H-pyrrole nitrogens is 1. The summed E-state index contributed by atoms with van der Waals surface area (Å²) in [4.78, 5) is 3.17. The van der Waals surface area contributed by atoms with Gasteiger partial charge in [-0.15, -0.1) is 0 Å². The van der Waals surface area contributed by atoms with Crippen LogP contribution in [0, 0.1) is 5.92 Å². The highest BCUT2D eigenvalue weighted by Gasteiger charge is 2.22. The number of nitrogens with one attached hydrogen (secondary N) is 2. The molecule has 0 spiro atoms. The predicted octanol–water partition coefficient (Wildman–Crippen LogP) is 2.20. The summed E-state index contributed by atoms with van der Waals surface area (Å²) >= 11 is 0. The number of hydrogen-bond donors (Lipinski definition) is 3. The van der Waals surface area contributed by atoms with Crippen molar-refractivity contribution < 1.29 is 5.11 Å². The van der Waals surface area contributed by atoms with E-state index < -0.39 is 0 Å². The average Bonchev–Trinajstić information content (AvgIpc) is 2.86. The first kappa shape index (κ1) is 10.8. The van der Waals surface area contributed by atoms with Gasteiger partial charge in [0, 0.05) is 11.7 Å². The van der Waals surface area contributed by atoms with E-state index in [1.165, 1.54) is 5.39 Å². The van der Waals surface area contributed by atoms with Gasteiger partial charge in [0.05, 0.1) is 6.10 Å². The quantitative estimate of drug-likeness (QED) is 0.740. The lowest BCUT2D eigenvalue weighted by molar-refractivity contribution is 0.0890. The van der Waals surface area contributed by atoms with Crippen LogP contribution in [0.1, 0.15) is 24.5 Å². The summed E-state index contributed by atoms with van der Waals surface area (Å²) in [5, 5.41) is 14.9. The molecule has 1 aliphatic heterocycles. The van der Waals surface area contributed by atoms with Gasteiger partial charge in [0.1, 0.15) is 0 Å². The van der Waals surface area contributed by atoms with Crippen LogP contribution in [0.5, 0.6) is 0 Å². The highest BCUT2D eigenvalue weighted by atomic mass is 16.3. The van der Waals surface area contributed by atoms with Crippen LogP contribution in [-0.2, 0) is 0 Å². The van der Waals surface area contributed by atoms with Gasteiger partial charge < -0.3 is 15.4 Å². The van der Waals surface area contributed by atoms with Crippen LogP contribution in [0.3, 0.4) is 0 Å². The van der Waals surface area contributed by atoms with Crippen molar-refractivity contribution in [1.29, 1.82) is 0 Å². The molecule has 1 fully saturated rings. The normalized spacial score (nSPS) is 19.6. The molecule has 2 heterocycles. The number of benzene rings is 1. The Bertz CT molecular complexity index is 500. The largest absolute Gasteiger partial charge is 0.388 e. The summed E-state index contributed by atoms with van der Waals surface area (Å²) in [6.07, 6.45) is 3.74. The van der Waals surface area contributed by atoms with Gasteiger partial charge in [-0.3, -0.25) is 0 Å². The summed E-state index contributed by atoms with van der Waals surface area (Å²) in [5.74, 6) is 0.396. The molecular formula is C14H18N2O. The minimum absolute atomic E-state index is 0.323. The Kier molecular flexibility index (Phi) is 2.87. The predicted molar refractivity (Wildman–Crippen MR) is 68.9 cm³/mol. The first-order chi connectivity index (χ1) is 8.34. The van der Waals surface area contributed by atoms with Crippen molar-refractivity contribution in [2.24, 2.45) is 5.92 Å². The monoisotopic (exact) mass is 230 g/mol. The standard InChI is InChI=1S/C14H18N2O/c17-14(10-3-6-15-7-4-10)12-1-2-13-11(9-12)5-8-16-13/h1-2,5,8-10,14-17H,3-4,6-7H2. The van der Waals surface area contributed by atoms with Crippen molar-refractivity contribution in [1.82, 2.24) is 10.3 Å². The average molecular weight is 230 g/mol. The fraction of sp³-hybridized carbons (Fsp3) is 0.429. The topological polar surface area (TPSA) is 48.0 Å². The minimum Gasteiger partial charge on any atom is -0.388 e.